The summed E-state index contributed by atoms with van der Waals surface area (Å²) in [6.07, 6.45) is 4.80. The average Bonchev–Trinajstić information content (AvgIpc) is 3.31. The zero-order valence-corrected chi connectivity index (χ0v) is 18.0. The molecule has 0 radical (unpaired) electrons. The fraction of sp³-hybridized carbons (Fsp3) is 0.458. The standard InChI is InChI=1S/C24H30N2O5/c1-16-8-6-11-19(17(16)2)25-22(27)15-31-24(29)20(14-18-9-4-3-5-10-18)26-23(28)21-12-7-13-30-21/h3-5,7,9-10,12-13,16-17,19-20H,6,8,11,14-15H2,1-2H3,(H,25,27)(H,26,28)/t16?,17?,19?,20-/m0/s1. The lowest BCUT2D eigenvalue weighted by Gasteiger charge is -2.34. The summed E-state index contributed by atoms with van der Waals surface area (Å²) in [5.74, 6) is -0.471. The number of carbonyl (C=O) groups excluding carboxylic acids is 3. The second kappa shape index (κ2) is 10.8. The van der Waals surface area contributed by atoms with Crippen LogP contribution in [0.1, 0.15) is 49.2 Å². The second-order valence-corrected chi connectivity index (χ2v) is 8.24. The van der Waals surface area contributed by atoms with Crippen LogP contribution >= 0.6 is 0 Å². The topological polar surface area (TPSA) is 97.6 Å². The summed E-state index contributed by atoms with van der Waals surface area (Å²) in [6.45, 7) is 3.96. The van der Waals surface area contributed by atoms with Gasteiger partial charge < -0.3 is 19.8 Å². The molecule has 31 heavy (non-hydrogen) atoms. The van der Waals surface area contributed by atoms with E-state index in [1.54, 1.807) is 6.07 Å². The van der Waals surface area contributed by atoms with Gasteiger partial charge in [-0.1, -0.05) is 57.0 Å². The normalized spacial score (nSPS) is 21.7. The Morgan fingerprint density at radius 1 is 1.10 bits per heavy atom. The van der Waals surface area contributed by atoms with Gasteiger partial charge in [-0.2, -0.15) is 0 Å². The smallest absolute Gasteiger partial charge is 0.329 e. The average molecular weight is 427 g/mol. The molecule has 3 unspecified atom stereocenters. The maximum absolute atomic E-state index is 12.7. The predicted molar refractivity (Wildman–Crippen MR) is 115 cm³/mol. The van der Waals surface area contributed by atoms with Crippen molar-refractivity contribution >= 4 is 17.8 Å². The minimum atomic E-state index is -0.943. The summed E-state index contributed by atoms with van der Waals surface area (Å²) < 4.78 is 10.4. The highest BCUT2D eigenvalue weighted by Gasteiger charge is 2.29. The fourth-order valence-corrected chi connectivity index (χ4v) is 3.95. The molecule has 1 saturated carbocycles. The number of amides is 2. The van der Waals surface area contributed by atoms with Gasteiger partial charge in [0.25, 0.3) is 11.8 Å². The van der Waals surface area contributed by atoms with Crippen molar-refractivity contribution in [1.82, 2.24) is 10.6 Å². The number of hydrogen-bond acceptors (Lipinski definition) is 5. The second-order valence-electron chi connectivity index (χ2n) is 8.24. The van der Waals surface area contributed by atoms with Crippen LogP contribution in [-0.2, 0) is 20.7 Å². The molecular formula is C24H30N2O5. The number of benzene rings is 1. The summed E-state index contributed by atoms with van der Waals surface area (Å²) in [7, 11) is 0. The van der Waals surface area contributed by atoms with Crippen molar-refractivity contribution in [3.05, 3.63) is 60.1 Å². The lowest BCUT2D eigenvalue weighted by Crippen LogP contribution is -2.47. The number of ether oxygens (including phenoxy) is 1. The quantitative estimate of drug-likeness (QED) is 0.632. The minimum Gasteiger partial charge on any atom is -0.459 e. The zero-order chi connectivity index (χ0) is 22.2. The Labute approximate surface area is 182 Å². The number of rotatable bonds is 8. The first-order valence-electron chi connectivity index (χ1n) is 10.8. The fourth-order valence-electron chi connectivity index (χ4n) is 3.95. The van der Waals surface area contributed by atoms with Crippen molar-refractivity contribution in [2.75, 3.05) is 6.61 Å². The molecule has 0 spiro atoms. The first-order chi connectivity index (χ1) is 14.9. The molecular weight excluding hydrogens is 396 g/mol. The number of esters is 1. The highest BCUT2D eigenvalue weighted by molar-refractivity contribution is 5.94. The third-order valence-electron chi connectivity index (χ3n) is 6.02. The first-order valence-corrected chi connectivity index (χ1v) is 10.8. The molecule has 2 aromatic rings. The van der Waals surface area contributed by atoms with Gasteiger partial charge in [0.05, 0.1) is 6.26 Å². The number of carbonyl (C=O) groups is 3. The Morgan fingerprint density at radius 2 is 1.87 bits per heavy atom. The van der Waals surface area contributed by atoms with Gasteiger partial charge in [-0.3, -0.25) is 9.59 Å². The van der Waals surface area contributed by atoms with Crippen molar-refractivity contribution in [2.24, 2.45) is 11.8 Å². The maximum atomic E-state index is 12.7. The van der Waals surface area contributed by atoms with Crippen LogP contribution in [0.4, 0.5) is 0 Å². The molecule has 2 N–H and O–H groups in total. The van der Waals surface area contributed by atoms with E-state index in [1.807, 2.05) is 30.3 Å². The third kappa shape index (κ3) is 6.44. The monoisotopic (exact) mass is 426 g/mol. The molecule has 166 valence electrons. The van der Waals surface area contributed by atoms with Gasteiger partial charge in [-0.25, -0.2) is 4.79 Å². The van der Waals surface area contributed by atoms with Crippen molar-refractivity contribution in [1.29, 1.82) is 0 Å². The molecule has 1 aliphatic rings. The molecule has 4 atom stereocenters. The van der Waals surface area contributed by atoms with Crippen molar-refractivity contribution in [3.8, 4) is 0 Å². The van der Waals surface area contributed by atoms with Gasteiger partial charge in [0.15, 0.2) is 12.4 Å². The van der Waals surface area contributed by atoms with Crippen LogP contribution in [0.5, 0.6) is 0 Å². The zero-order valence-electron chi connectivity index (χ0n) is 18.0. The van der Waals surface area contributed by atoms with Crippen LogP contribution in [0, 0.1) is 11.8 Å². The van der Waals surface area contributed by atoms with Gasteiger partial charge in [0.2, 0.25) is 0 Å². The molecule has 7 heteroatoms. The molecule has 0 bridgehead atoms. The maximum Gasteiger partial charge on any atom is 0.329 e. The molecule has 1 fully saturated rings. The molecule has 1 aromatic carbocycles. The van der Waals surface area contributed by atoms with Crippen molar-refractivity contribution in [2.45, 2.75) is 51.6 Å². The molecule has 1 heterocycles. The van der Waals surface area contributed by atoms with E-state index in [4.69, 9.17) is 9.15 Å². The molecule has 0 saturated heterocycles. The molecule has 1 aromatic heterocycles. The lowest BCUT2D eigenvalue weighted by molar-refractivity contribution is -0.150. The Morgan fingerprint density at radius 3 is 2.58 bits per heavy atom. The summed E-state index contributed by atoms with van der Waals surface area (Å²) >= 11 is 0. The van der Waals surface area contributed by atoms with E-state index in [-0.39, 0.29) is 30.7 Å². The van der Waals surface area contributed by atoms with E-state index < -0.39 is 17.9 Å². The molecule has 1 aliphatic carbocycles. The van der Waals surface area contributed by atoms with Crippen LogP contribution in [-0.4, -0.2) is 36.5 Å². The van der Waals surface area contributed by atoms with Gasteiger partial charge in [0.1, 0.15) is 6.04 Å². The van der Waals surface area contributed by atoms with Gasteiger partial charge in [-0.05, 0) is 36.0 Å². The van der Waals surface area contributed by atoms with E-state index in [1.165, 1.54) is 18.8 Å². The third-order valence-corrected chi connectivity index (χ3v) is 6.02. The first kappa shape index (κ1) is 22.6. The van der Waals surface area contributed by atoms with Crippen LogP contribution in [0.2, 0.25) is 0 Å². The predicted octanol–water partition coefficient (Wildman–Crippen LogP) is 3.10. The van der Waals surface area contributed by atoms with Crippen molar-refractivity contribution in [3.63, 3.8) is 0 Å². The summed E-state index contributed by atoms with van der Waals surface area (Å²) in [6, 6.07) is 11.6. The van der Waals surface area contributed by atoms with Crippen LogP contribution in [0.15, 0.2) is 53.1 Å². The van der Waals surface area contributed by atoms with Crippen LogP contribution < -0.4 is 10.6 Å². The Kier molecular flexibility index (Phi) is 7.87. The molecule has 0 aliphatic heterocycles. The van der Waals surface area contributed by atoms with E-state index in [9.17, 15) is 14.4 Å². The van der Waals surface area contributed by atoms with Crippen molar-refractivity contribution < 1.29 is 23.5 Å². The van der Waals surface area contributed by atoms with Gasteiger partial charge in [0, 0.05) is 12.5 Å². The number of hydrogen-bond donors (Lipinski definition) is 2. The highest BCUT2D eigenvalue weighted by atomic mass is 16.5. The van der Waals surface area contributed by atoms with Crippen LogP contribution in [0.25, 0.3) is 0 Å². The van der Waals surface area contributed by atoms with Crippen LogP contribution in [0.3, 0.4) is 0 Å². The van der Waals surface area contributed by atoms with E-state index in [0.29, 0.717) is 11.8 Å². The minimum absolute atomic E-state index is 0.0914. The summed E-state index contributed by atoms with van der Waals surface area (Å²) in [5.41, 5.74) is 0.860. The van der Waals surface area contributed by atoms with E-state index >= 15 is 0 Å². The Balaban J connectivity index is 1.58. The molecule has 7 nitrogen and oxygen atoms in total. The SMILES string of the molecule is CC1CCCC(NC(=O)COC(=O)[C@H](Cc2ccccc2)NC(=O)c2ccco2)C1C. The molecule has 3 rings (SSSR count). The van der Waals surface area contributed by atoms with Gasteiger partial charge >= 0.3 is 5.97 Å². The number of furan rings is 1. The van der Waals surface area contributed by atoms with E-state index in [2.05, 4.69) is 24.5 Å². The molecule has 2 amide bonds. The van der Waals surface area contributed by atoms with Gasteiger partial charge in [-0.15, -0.1) is 0 Å². The van der Waals surface area contributed by atoms with E-state index in [0.717, 1.165) is 18.4 Å². The summed E-state index contributed by atoms with van der Waals surface area (Å²) in [5, 5.41) is 5.63. The summed E-state index contributed by atoms with van der Waals surface area (Å²) in [4.78, 5) is 37.5. The largest absolute Gasteiger partial charge is 0.459 e. The highest BCUT2D eigenvalue weighted by Crippen LogP contribution is 2.29. The Hall–Kier alpha value is -3.09. The number of nitrogens with one attached hydrogen (secondary N) is 2. The Bertz CT molecular complexity index is 865. The lowest BCUT2D eigenvalue weighted by atomic mass is 9.78.